The lowest BCUT2D eigenvalue weighted by molar-refractivity contribution is 0.410. The van der Waals surface area contributed by atoms with Crippen molar-refractivity contribution in [2.24, 2.45) is 0 Å². The van der Waals surface area contributed by atoms with Crippen LogP contribution in [0.3, 0.4) is 0 Å². The summed E-state index contributed by atoms with van der Waals surface area (Å²) >= 11 is 1.25. The number of halogens is 4. The van der Waals surface area contributed by atoms with Crippen molar-refractivity contribution in [1.29, 1.82) is 0 Å². The number of nitrogens with zero attached hydrogens (tertiary/aromatic N) is 2. The number of rotatable bonds is 3. The van der Waals surface area contributed by atoms with Gasteiger partial charge in [-0.3, -0.25) is 0 Å². The molecule has 0 fully saturated rings. The molecule has 96 valence electrons. The topological polar surface area (TPSA) is 37.8 Å². The van der Waals surface area contributed by atoms with Crippen molar-refractivity contribution < 1.29 is 17.6 Å². The average Bonchev–Trinajstić information content (AvgIpc) is 2.85. The van der Waals surface area contributed by atoms with Gasteiger partial charge in [-0.05, 0) is 6.92 Å². The second-order valence-electron chi connectivity index (χ2n) is 3.43. The number of hydrogen-bond acceptors (Lipinski definition) is 4. The van der Waals surface area contributed by atoms with Gasteiger partial charge in [0.05, 0.1) is 6.04 Å². The maximum absolute atomic E-state index is 13.3. The van der Waals surface area contributed by atoms with E-state index in [1.807, 2.05) is 0 Å². The quantitative estimate of drug-likeness (QED) is 0.691. The molecule has 1 N–H and O–H groups in total. The van der Waals surface area contributed by atoms with Gasteiger partial charge in [0.15, 0.2) is 0 Å². The maximum atomic E-state index is 13.3. The van der Waals surface area contributed by atoms with Crippen molar-refractivity contribution in [2.75, 3.05) is 5.32 Å². The molecule has 0 saturated heterocycles. The van der Waals surface area contributed by atoms with E-state index in [2.05, 4.69) is 15.3 Å². The van der Waals surface area contributed by atoms with Gasteiger partial charge in [-0.1, -0.05) is 0 Å². The molecule has 2 aromatic heterocycles. The first-order valence-corrected chi connectivity index (χ1v) is 5.74. The van der Waals surface area contributed by atoms with E-state index in [4.69, 9.17) is 0 Å². The summed E-state index contributed by atoms with van der Waals surface area (Å²) < 4.78 is 52.4. The smallest absolute Gasteiger partial charge is 0.253 e. The normalized spacial score (nSPS) is 12.5. The Balaban J connectivity index is 2.34. The zero-order chi connectivity index (χ0) is 13.3. The number of aromatic nitrogens is 2. The number of anilines is 1. The number of thiazole rings is 1. The minimum atomic E-state index is -1.69. The number of hydrogen-bond donors (Lipinski definition) is 1. The Kier molecular flexibility index (Phi) is 3.46. The van der Waals surface area contributed by atoms with Crippen molar-refractivity contribution in [3.63, 3.8) is 0 Å². The van der Waals surface area contributed by atoms with Crippen LogP contribution < -0.4 is 5.32 Å². The molecule has 0 spiro atoms. The average molecular weight is 277 g/mol. The molecule has 2 heterocycles. The molecule has 0 aliphatic rings. The van der Waals surface area contributed by atoms with Gasteiger partial charge >= 0.3 is 0 Å². The minimum absolute atomic E-state index is 0.534. The van der Waals surface area contributed by atoms with Crippen molar-refractivity contribution in [3.05, 3.63) is 40.1 Å². The highest BCUT2D eigenvalue weighted by Gasteiger charge is 2.22. The second kappa shape index (κ2) is 4.89. The molecule has 3 nitrogen and oxygen atoms in total. The molecule has 0 amide bonds. The summed E-state index contributed by atoms with van der Waals surface area (Å²) in [4.78, 5) is 6.39. The first-order chi connectivity index (χ1) is 8.50. The lowest BCUT2D eigenvalue weighted by atomic mass is 10.3. The van der Waals surface area contributed by atoms with Gasteiger partial charge in [0.2, 0.25) is 11.6 Å². The number of pyridine rings is 1. The van der Waals surface area contributed by atoms with Crippen LogP contribution in [-0.2, 0) is 0 Å². The van der Waals surface area contributed by atoms with Crippen LogP contribution in [0, 0.1) is 23.5 Å². The van der Waals surface area contributed by atoms with E-state index < -0.39 is 35.3 Å². The van der Waals surface area contributed by atoms with E-state index in [0.29, 0.717) is 5.01 Å². The molecule has 8 heteroatoms. The van der Waals surface area contributed by atoms with Crippen molar-refractivity contribution in [1.82, 2.24) is 9.97 Å². The number of nitrogens with one attached hydrogen (secondary N) is 1. The van der Waals surface area contributed by atoms with E-state index in [-0.39, 0.29) is 0 Å². The zero-order valence-corrected chi connectivity index (χ0v) is 9.86. The molecule has 0 radical (unpaired) electrons. The van der Waals surface area contributed by atoms with Crippen LogP contribution in [0.1, 0.15) is 18.0 Å². The molecule has 0 saturated carbocycles. The highest BCUT2D eigenvalue weighted by molar-refractivity contribution is 7.09. The van der Waals surface area contributed by atoms with E-state index in [1.165, 1.54) is 17.5 Å². The summed E-state index contributed by atoms with van der Waals surface area (Å²) in [5.74, 6) is -6.50. The Bertz CT molecular complexity index is 532. The molecule has 0 aliphatic carbocycles. The highest BCUT2D eigenvalue weighted by Crippen LogP contribution is 2.27. The van der Waals surface area contributed by atoms with Crippen LogP contribution >= 0.6 is 11.3 Å². The fourth-order valence-corrected chi connectivity index (χ4v) is 1.99. The Labute approximate surface area is 104 Å². The molecular formula is C10H7F4N3S. The van der Waals surface area contributed by atoms with E-state index >= 15 is 0 Å². The van der Waals surface area contributed by atoms with Gasteiger partial charge in [0, 0.05) is 11.6 Å². The van der Waals surface area contributed by atoms with Crippen LogP contribution in [0.2, 0.25) is 0 Å². The largest absolute Gasteiger partial charge is 0.371 e. The van der Waals surface area contributed by atoms with E-state index in [9.17, 15) is 17.6 Å². The van der Waals surface area contributed by atoms with Gasteiger partial charge < -0.3 is 5.32 Å². The van der Waals surface area contributed by atoms with Crippen LogP contribution in [0.5, 0.6) is 0 Å². The predicted molar refractivity (Wildman–Crippen MR) is 58.2 cm³/mol. The van der Waals surface area contributed by atoms with Gasteiger partial charge in [-0.25, -0.2) is 4.98 Å². The molecule has 0 aliphatic heterocycles. The Morgan fingerprint density at radius 2 is 1.78 bits per heavy atom. The predicted octanol–water partition coefficient (Wildman–Crippen LogP) is 3.27. The Morgan fingerprint density at radius 1 is 1.17 bits per heavy atom. The highest BCUT2D eigenvalue weighted by atomic mass is 32.1. The van der Waals surface area contributed by atoms with Crippen LogP contribution in [0.25, 0.3) is 0 Å². The van der Waals surface area contributed by atoms with Gasteiger partial charge in [-0.15, -0.1) is 11.3 Å². The summed E-state index contributed by atoms with van der Waals surface area (Å²) in [6.45, 7) is 1.56. The summed E-state index contributed by atoms with van der Waals surface area (Å²) in [6.07, 6.45) is 1.51. The van der Waals surface area contributed by atoms with Crippen molar-refractivity contribution in [2.45, 2.75) is 13.0 Å². The summed E-state index contributed by atoms with van der Waals surface area (Å²) in [5.41, 5.74) is -0.886. The third-order valence-corrected chi connectivity index (χ3v) is 3.14. The molecule has 2 rings (SSSR count). The maximum Gasteiger partial charge on any atom is 0.253 e. The molecule has 1 atom stereocenters. The summed E-state index contributed by atoms with van der Waals surface area (Å²) in [5, 5.41) is 4.55. The summed E-state index contributed by atoms with van der Waals surface area (Å²) in [6, 6.07) is -0.588. The molecule has 0 aromatic carbocycles. The van der Waals surface area contributed by atoms with Crippen molar-refractivity contribution in [3.8, 4) is 0 Å². The molecule has 0 bridgehead atoms. The summed E-state index contributed by atoms with van der Waals surface area (Å²) in [7, 11) is 0. The third-order valence-electron chi connectivity index (χ3n) is 2.18. The zero-order valence-electron chi connectivity index (χ0n) is 9.05. The SMILES string of the molecule is CC(Nc1c(F)c(F)nc(F)c1F)c1nccs1. The van der Waals surface area contributed by atoms with Gasteiger partial charge in [-0.2, -0.15) is 22.5 Å². The standard InChI is InChI=1S/C10H7F4N3S/c1-4(10-15-2-3-18-10)16-7-5(11)8(13)17-9(14)6(7)12/h2-4H,1H3,(H,16,17). The lowest BCUT2D eigenvalue weighted by Gasteiger charge is -2.14. The third kappa shape index (κ3) is 2.28. The van der Waals surface area contributed by atoms with Crippen LogP contribution in [-0.4, -0.2) is 9.97 Å². The van der Waals surface area contributed by atoms with Crippen LogP contribution in [0.15, 0.2) is 11.6 Å². The van der Waals surface area contributed by atoms with Crippen LogP contribution in [0.4, 0.5) is 23.2 Å². The van der Waals surface area contributed by atoms with Gasteiger partial charge in [0.1, 0.15) is 10.7 Å². The molecule has 2 aromatic rings. The van der Waals surface area contributed by atoms with E-state index in [1.54, 1.807) is 12.3 Å². The monoisotopic (exact) mass is 277 g/mol. The Hall–Kier alpha value is -1.70. The first kappa shape index (κ1) is 12.7. The lowest BCUT2D eigenvalue weighted by Crippen LogP contribution is -2.12. The Morgan fingerprint density at radius 3 is 2.28 bits per heavy atom. The van der Waals surface area contributed by atoms with E-state index in [0.717, 1.165) is 0 Å². The molecule has 1 unspecified atom stereocenters. The second-order valence-corrected chi connectivity index (χ2v) is 4.36. The fourth-order valence-electron chi connectivity index (χ4n) is 1.34. The van der Waals surface area contributed by atoms with Crippen molar-refractivity contribution >= 4 is 17.0 Å². The minimum Gasteiger partial charge on any atom is -0.371 e. The van der Waals surface area contributed by atoms with Gasteiger partial charge in [0.25, 0.3) is 11.9 Å². The first-order valence-electron chi connectivity index (χ1n) is 4.86. The fraction of sp³-hybridized carbons (Fsp3) is 0.200. The molecule has 18 heavy (non-hydrogen) atoms. The molecular weight excluding hydrogens is 270 g/mol.